The van der Waals surface area contributed by atoms with Crippen molar-refractivity contribution in [2.75, 3.05) is 6.61 Å². The van der Waals surface area contributed by atoms with Gasteiger partial charge in [0.15, 0.2) is 0 Å². The topological polar surface area (TPSA) is 49.3 Å². The first-order valence-corrected chi connectivity index (χ1v) is 11.3. The van der Waals surface area contributed by atoms with E-state index in [4.69, 9.17) is 0 Å². The highest BCUT2D eigenvalue weighted by atomic mass is 16.3. The summed E-state index contributed by atoms with van der Waals surface area (Å²) in [4.78, 5) is 11.9. The second kappa shape index (κ2) is 19.7. The van der Waals surface area contributed by atoms with Crippen LogP contribution in [0.25, 0.3) is 0 Å². The van der Waals surface area contributed by atoms with Crippen LogP contribution in [0, 0.1) is 5.92 Å². The Kier molecular flexibility index (Phi) is 18.9. The molecule has 0 heterocycles. The van der Waals surface area contributed by atoms with Gasteiger partial charge in [-0.3, -0.25) is 4.79 Å². The quantitative estimate of drug-likeness (QED) is 0.216. The zero-order chi connectivity index (χ0) is 20.2. The maximum absolute atomic E-state index is 11.9. The molecule has 1 atom stereocenters. The summed E-state index contributed by atoms with van der Waals surface area (Å²) in [5.74, 6) is 0.568. The van der Waals surface area contributed by atoms with Gasteiger partial charge in [0.25, 0.3) is 0 Å². The number of nitrogens with one attached hydrogen (secondary N) is 1. The third-order valence-corrected chi connectivity index (χ3v) is 4.70. The lowest BCUT2D eigenvalue weighted by Crippen LogP contribution is -2.38. The van der Waals surface area contributed by atoms with E-state index in [9.17, 15) is 9.90 Å². The SMILES string of the molecule is CCCCCC=CCC=CCCCCCCCC(=O)N[C@H](CO)CC(C)C. The van der Waals surface area contributed by atoms with Crippen molar-refractivity contribution < 1.29 is 9.90 Å². The van der Waals surface area contributed by atoms with Gasteiger partial charge in [-0.15, -0.1) is 0 Å². The van der Waals surface area contributed by atoms with Crippen LogP contribution in [0.15, 0.2) is 24.3 Å². The fraction of sp³-hybridized carbons (Fsp3) is 0.792. The second-order valence-electron chi connectivity index (χ2n) is 8.06. The van der Waals surface area contributed by atoms with Crippen molar-refractivity contribution in [1.29, 1.82) is 0 Å². The summed E-state index contributed by atoms with van der Waals surface area (Å²) in [5.41, 5.74) is 0. The van der Waals surface area contributed by atoms with E-state index >= 15 is 0 Å². The molecule has 1 amide bonds. The first-order valence-electron chi connectivity index (χ1n) is 11.3. The van der Waals surface area contributed by atoms with Crippen LogP contribution < -0.4 is 5.32 Å². The summed E-state index contributed by atoms with van der Waals surface area (Å²) >= 11 is 0. The molecule has 0 aromatic rings. The van der Waals surface area contributed by atoms with Crippen LogP contribution in [0.2, 0.25) is 0 Å². The third kappa shape index (κ3) is 19.5. The first kappa shape index (κ1) is 25.9. The number of rotatable bonds is 18. The average molecular weight is 380 g/mol. The molecule has 0 bridgehead atoms. The van der Waals surface area contributed by atoms with E-state index in [1.165, 1.54) is 44.9 Å². The molecule has 0 aliphatic rings. The summed E-state index contributed by atoms with van der Waals surface area (Å²) < 4.78 is 0. The lowest BCUT2D eigenvalue weighted by molar-refractivity contribution is -0.122. The lowest BCUT2D eigenvalue weighted by atomic mass is 10.0. The Morgan fingerprint density at radius 3 is 2.07 bits per heavy atom. The van der Waals surface area contributed by atoms with E-state index in [0.717, 1.165) is 32.1 Å². The molecule has 0 radical (unpaired) electrons. The van der Waals surface area contributed by atoms with Crippen LogP contribution in [0.3, 0.4) is 0 Å². The van der Waals surface area contributed by atoms with Crippen LogP contribution in [0.5, 0.6) is 0 Å². The van der Waals surface area contributed by atoms with E-state index in [-0.39, 0.29) is 18.6 Å². The second-order valence-corrected chi connectivity index (χ2v) is 8.06. The fourth-order valence-corrected chi connectivity index (χ4v) is 3.14. The van der Waals surface area contributed by atoms with Crippen molar-refractivity contribution in [2.24, 2.45) is 5.92 Å². The number of amides is 1. The van der Waals surface area contributed by atoms with Crippen molar-refractivity contribution in [1.82, 2.24) is 5.32 Å². The fourth-order valence-electron chi connectivity index (χ4n) is 3.14. The van der Waals surface area contributed by atoms with E-state index < -0.39 is 0 Å². The van der Waals surface area contributed by atoms with E-state index in [1.54, 1.807) is 0 Å². The number of aliphatic hydroxyl groups excluding tert-OH is 1. The Balaban J connectivity index is 3.46. The predicted octanol–water partition coefficient (Wildman–Crippen LogP) is 6.32. The Morgan fingerprint density at radius 2 is 1.48 bits per heavy atom. The van der Waals surface area contributed by atoms with Crippen LogP contribution >= 0.6 is 0 Å². The van der Waals surface area contributed by atoms with E-state index in [1.807, 2.05) is 0 Å². The number of hydrogen-bond donors (Lipinski definition) is 2. The van der Waals surface area contributed by atoms with Gasteiger partial charge in [-0.25, -0.2) is 0 Å². The van der Waals surface area contributed by atoms with Crippen molar-refractivity contribution in [3.8, 4) is 0 Å². The minimum atomic E-state index is -0.0875. The monoisotopic (exact) mass is 379 g/mol. The minimum absolute atomic E-state index is 0.0338. The van der Waals surface area contributed by atoms with E-state index in [0.29, 0.717) is 12.3 Å². The smallest absolute Gasteiger partial charge is 0.220 e. The maximum atomic E-state index is 11.9. The highest BCUT2D eigenvalue weighted by Crippen LogP contribution is 2.09. The maximum Gasteiger partial charge on any atom is 0.220 e. The van der Waals surface area contributed by atoms with E-state index in [2.05, 4.69) is 50.4 Å². The summed E-state index contributed by atoms with van der Waals surface area (Å²) in [6.45, 7) is 6.49. The highest BCUT2D eigenvalue weighted by molar-refractivity contribution is 5.76. The molecule has 0 aliphatic heterocycles. The molecule has 0 fully saturated rings. The first-order chi connectivity index (χ1) is 13.1. The Morgan fingerprint density at radius 1 is 0.889 bits per heavy atom. The van der Waals surface area contributed by atoms with Gasteiger partial charge in [0.2, 0.25) is 5.91 Å². The van der Waals surface area contributed by atoms with Crippen molar-refractivity contribution in [2.45, 2.75) is 110 Å². The molecule has 0 aliphatic carbocycles. The van der Waals surface area contributed by atoms with Crippen LogP contribution in [-0.4, -0.2) is 23.7 Å². The van der Waals surface area contributed by atoms with Crippen LogP contribution in [0.1, 0.15) is 104 Å². The average Bonchev–Trinajstić information content (AvgIpc) is 2.64. The molecule has 2 N–H and O–H groups in total. The zero-order valence-corrected chi connectivity index (χ0v) is 18.2. The normalized spacial score (nSPS) is 13.1. The number of carbonyl (C=O) groups excluding carboxylic acids is 1. The molecular weight excluding hydrogens is 334 g/mol. The standard InChI is InChI=1S/C24H45NO2/c1-4-5-6-7-8-9-10-11-12-13-14-15-16-17-18-19-24(27)25-23(21-26)20-22(2)3/h8-9,11-12,22-23,26H,4-7,10,13-21H2,1-3H3,(H,25,27)/t23-/m0/s1. The van der Waals surface area contributed by atoms with Gasteiger partial charge in [0, 0.05) is 6.42 Å². The summed E-state index contributed by atoms with van der Waals surface area (Å²) in [7, 11) is 0. The van der Waals surface area contributed by atoms with Crippen molar-refractivity contribution in [3.63, 3.8) is 0 Å². The summed E-state index contributed by atoms with van der Waals surface area (Å²) in [6, 6.07) is -0.0875. The largest absolute Gasteiger partial charge is 0.394 e. The van der Waals surface area contributed by atoms with Gasteiger partial charge >= 0.3 is 0 Å². The third-order valence-electron chi connectivity index (χ3n) is 4.70. The van der Waals surface area contributed by atoms with Gasteiger partial charge < -0.3 is 10.4 Å². The van der Waals surface area contributed by atoms with Gasteiger partial charge in [-0.1, -0.05) is 77.2 Å². The Bertz CT molecular complexity index is 388. The molecule has 3 heteroatoms. The van der Waals surface area contributed by atoms with Crippen LogP contribution in [0.4, 0.5) is 0 Å². The molecule has 158 valence electrons. The van der Waals surface area contributed by atoms with Gasteiger partial charge in [-0.05, 0) is 50.9 Å². The lowest BCUT2D eigenvalue weighted by Gasteiger charge is -2.18. The van der Waals surface area contributed by atoms with Gasteiger partial charge in [0.1, 0.15) is 0 Å². The summed E-state index contributed by atoms with van der Waals surface area (Å²) in [6.07, 6.45) is 23.7. The molecular formula is C24H45NO2. The molecule has 27 heavy (non-hydrogen) atoms. The number of aliphatic hydroxyl groups is 1. The van der Waals surface area contributed by atoms with Crippen molar-refractivity contribution >= 4 is 5.91 Å². The van der Waals surface area contributed by atoms with Crippen LogP contribution in [-0.2, 0) is 4.79 Å². The number of hydrogen-bond acceptors (Lipinski definition) is 2. The molecule has 0 saturated heterocycles. The Hall–Kier alpha value is -1.09. The number of carbonyl (C=O) groups is 1. The summed E-state index contributed by atoms with van der Waals surface area (Å²) in [5, 5.41) is 12.2. The number of unbranched alkanes of at least 4 members (excludes halogenated alkanes) is 8. The minimum Gasteiger partial charge on any atom is -0.394 e. The zero-order valence-electron chi connectivity index (χ0n) is 18.2. The molecule has 3 nitrogen and oxygen atoms in total. The van der Waals surface area contributed by atoms with Crippen molar-refractivity contribution in [3.05, 3.63) is 24.3 Å². The Labute approximate surface area is 168 Å². The van der Waals surface area contributed by atoms with Gasteiger partial charge in [-0.2, -0.15) is 0 Å². The predicted molar refractivity (Wildman–Crippen MR) is 118 cm³/mol. The van der Waals surface area contributed by atoms with Gasteiger partial charge in [0.05, 0.1) is 12.6 Å². The molecule has 0 aromatic heterocycles. The molecule has 0 saturated carbocycles. The number of allylic oxidation sites excluding steroid dienone is 4. The molecule has 0 spiro atoms. The highest BCUT2D eigenvalue weighted by Gasteiger charge is 2.12. The molecule has 0 aromatic carbocycles. The molecule has 0 unspecified atom stereocenters. The molecule has 0 rings (SSSR count).